The van der Waals surface area contributed by atoms with Crippen LogP contribution in [0.4, 0.5) is 10.1 Å². The summed E-state index contributed by atoms with van der Waals surface area (Å²) < 4.78 is 19.2. The lowest BCUT2D eigenvalue weighted by Crippen LogP contribution is -2.37. The van der Waals surface area contributed by atoms with Gasteiger partial charge < -0.3 is 9.64 Å². The van der Waals surface area contributed by atoms with E-state index in [1.165, 1.54) is 6.07 Å². The molecule has 1 aromatic rings. The van der Waals surface area contributed by atoms with Crippen molar-refractivity contribution in [2.24, 2.45) is 0 Å². The molecule has 1 heterocycles. The number of hydrogen-bond acceptors (Lipinski definition) is 2. The van der Waals surface area contributed by atoms with Gasteiger partial charge in [-0.25, -0.2) is 4.39 Å². The van der Waals surface area contributed by atoms with Crippen molar-refractivity contribution in [3.63, 3.8) is 0 Å². The number of para-hydroxylation sites is 1. The lowest BCUT2D eigenvalue weighted by atomic mass is 10.00. The number of hydrogen-bond donors (Lipinski definition) is 0. The van der Waals surface area contributed by atoms with Crippen LogP contribution in [0.1, 0.15) is 25.3 Å². The number of halogens is 1. The van der Waals surface area contributed by atoms with Gasteiger partial charge in [-0.05, 0) is 17.5 Å². The SMILES string of the molecule is CC(C)c1cccc(F)c1N1CCOCC1. The second-order valence-corrected chi connectivity index (χ2v) is 4.43. The summed E-state index contributed by atoms with van der Waals surface area (Å²) >= 11 is 0. The molecule has 0 radical (unpaired) electrons. The molecule has 0 saturated carbocycles. The monoisotopic (exact) mass is 223 g/mol. The summed E-state index contributed by atoms with van der Waals surface area (Å²) in [6.07, 6.45) is 0. The van der Waals surface area contributed by atoms with Gasteiger partial charge in [0.25, 0.3) is 0 Å². The van der Waals surface area contributed by atoms with E-state index in [0.717, 1.165) is 24.3 Å². The summed E-state index contributed by atoms with van der Waals surface area (Å²) in [7, 11) is 0. The predicted molar refractivity (Wildman–Crippen MR) is 63.5 cm³/mol. The largest absolute Gasteiger partial charge is 0.378 e. The number of rotatable bonds is 2. The van der Waals surface area contributed by atoms with E-state index in [0.29, 0.717) is 19.1 Å². The van der Waals surface area contributed by atoms with E-state index in [1.807, 2.05) is 6.07 Å². The molecule has 0 spiro atoms. The van der Waals surface area contributed by atoms with Gasteiger partial charge in [0.15, 0.2) is 0 Å². The maximum absolute atomic E-state index is 13.9. The molecule has 16 heavy (non-hydrogen) atoms. The van der Waals surface area contributed by atoms with Crippen molar-refractivity contribution in [2.45, 2.75) is 19.8 Å². The zero-order chi connectivity index (χ0) is 11.5. The smallest absolute Gasteiger partial charge is 0.146 e. The summed E-state index contributed by atoms with van der Waals surface area (Å²) in [6.45, 7) is 7.12. The quantitative estimate of drug-likeness (QED) is 0.764. The molecule has 0 unspecified atom stereocenters. The van der Waals surface area contributed by atoms with Crippen LogP contribution in [-0.4, -0.2) is 26.3 Å². The van der Waals surface area contributed by atoms with Gasteiger partial charge in [0.1, 0.15) is 5.82 Å². The molecule has 0 N–H and O–H groups in total. The van der Waals surface area contributed by atoms with Gasteiger partial charge in [-0.1, -0.05) is 26.0 Å². The molecule has 0 aromatic heterocycles. The van der Waals surface area contributed by atoms with E-state index in [4.69, 9.17) is 4.74 Å². The fraction of sp³-hybridized carbons (Fsp3) is 0.538. The predicted octanol–water partition coefficient (Wildman–Crippen LogP) is 2.79. The van der Waals surface area contributed by atoms with Crippen molar-refractivity contribution in [1.29, 1.82) is 0 Å². The molecule has 2 rings (SSSR count). The van der Waals surface area contributed by atoms with E-state index in [9.17, 15) is 4.39 Å². The first-order chi connectivity index (χ1) is 7.70. The van der Waals surface area contributed by atoms with Gasteiger partial charge in [-0.15, -0.1) is 0 Å². The Bertz CT molecular complexity index is 359. The van der Waals surface area contributed by atoms with Crippen LogP contribution < -0.4 is 4.90 Å². The van der Waals surface area contributed by atoms with E-state index >= 15 is 0 Å². The second-order valence-electron chi connectivity index (χ2n) is 4.43. The van der Waals surface area contributed by atoms with E-state index < -0.39 is 0 Å². The Kier molecular flexibility index (Phi) is 3.44. The minimum Gasteiger partial charge on any atom is -0.378 e. The fourth-order valence-electron chi connectivity index (χ4n) is 2.12. The number of anilines is 1. The average molecular weight is 223 g/mol. The Labute approximate surface area is 96.0 Å². The third-order valence-electron chi connectivity index (χ3n) is 2.97. The summed E-state index contributed by atoms with van der Waals surface area (Å²) in [5.74, 6) is 0.224. The van der Waals surface area contributed by atoms with Crippen molar-refractivity contribution in [3.8, 4) is 0 Å². The maximum atomic E-state index is 13.9. The Balaban J connectivity index is 2.36. The molecule has 1 aliphatic rings. The van der Waals surface area contributed by atoms with Gasteiger partial charge in [0.05, 0.1) is 18.9 Å². The molecule has 0 amide bonds. The van der Waals surface area contributed by atoms with Crippen LogP contribution in [0.15, 0.2) is 18.2 Å². The van der Waals surface area contributed by atoms with Crippen LogP contribution in [0.3, 0.4) is 0 Å². The highest BCUT2D eigenvalue weighted by Crippen LogP contribution is 2.30. The van der Waals surface area contributed by atoms with E-state index in [2.05, 4.69) is 18.7 Å². The zero-order valence-electron chi connectivity index (χ0n) is 9.87. The van der Waals surface area contributed by atoms with E-state index in [1.54, 1.807) is 6.07 Å². The Morgan fingerprint density at radius 1 is 1.25 bits per heavy atom. The highest BCUT2D eigenvalue weighted by molar-refractivity contribution is 5.56. The fourth-order valence-corrected chi connectivity index (χ4v) is 2.12. The van der Waals surface area contributed by atoms with Crippen LogP contribution >= 0.6 is 0 Å². The van der Waals surface area contributed by atoms with Gasteiger partial charge in [-0.3, -0.25) is 0 Å². The molecule has 1 saturated heterocycles. The number of nitrogens with zero attached hydrogens (tertiary/aromatic N) is 1. The summed E-state index contributed by atoms with van der Waals surface area (Å²) in [6, 6.07) is 5.34. The van der Waals surface area contributed by atoms with Crippen molar-refractivity contribution < 1.29 is 9.13 Å². The summed E-state index contributed by atoms with van der Waals surface area (Å²) in [5, 5.41) is 0. The van der Waals surface area contributed by atoms with Crippen molar-refractivity contribution in [3.05, 3.63) is 29.6 Å². The van der Waals surface area contributed by atoms with E-state index in [-0.39, 0.29) is 5.82 Å². The second kappa shape index (κ2) is 4.83. The standard InChI is InChI=1S/C13H18FNO/c1-10(2)11-4-3-5-12(14)13(11)15-6-8-16-9-7-15/h3-5,10H,6-9H2,1-2H3. The minimum atomic E-state index is -0.117. The number of morpholine rings is 1. The molecule has 2 nitrogen and oxygen atoms in total. The number of benzene rings is 1. The first kappa shape index (κ1) is 11.4. The molecular formula is C13H18FNO. The third-order valence-corrected chi connectivity index (χ3v) is 2.97. The van der Waals surface area contributed by atoms with Gasteiger partial charge in [-0.2, -0.15) is 0 Å². The van der Waals surface area contributed by atoms with Crippen molar-refractivity contribution >= 4 is 5.69 Å². The highest BCUT2D eigenvalue weighted by Gasteiger charge is 2.19. The highest BCUT2D eigenvalue weighted by atomic mass is 19.1. The van der Waals surface area contributed by atoms with Crippen molar-refractivity contribution in [2.75, 3.05) is 31.2 Å². The third kappa shape index (κ3) is 2.19. The van der Waals surface area contributed by atoms with Gasteiger partial charge >= 0.3 is 0 Å². The molecule has 3 heteroatoms. The molecule has 0 bridgehead atoms. The Hall–Kier alpha value is -1.09. The average Bonchev–Trinajstić information content (AvgIpc) is 2.29. The topological polar surface area (TPSA) is 12.5 Å². The van der Waals surface area contributed by atoms with Gasteiger partial charge in [0.2, 0.25) is 0 Å². The molecule has 88 valence electrons. The Morgan fingerprint density at radius 2 is 1.94 bits per heavy atom. The zero-order valence-corrected chi connectivity index (χ0v) is 9.87. The molecule has 1 fully saturated rings. The van der Waals surface area contributed by atoms with Crippen molar-refractivity contribution in [1.82, 2.24) is 0 Å². The lowest BCUT2D eigenvalue weighted by Gasteiger charge is -2.31. The molecule has 0 aliphatic carbocycles. The normalized spacial score (nSPS) is 16.9. The molecular weight excluding hydrogens is 205 g/mol. The maximum Gasteiger partial charge on any atom is 0.146 e. The van der Waals surface area contributed by atoms with Crippen LogP contribution in [0, 0.1) is 5.82 Å². The van der Waals surface area contributed by atoms with Crippen LogP contribution in [0.25, 0.3) is 0 Å². The molecule has 1 aromatic carbocycles. The number of ether oxygens (including phenoxy) is 1. The molecule has 1 aliphatic heterocycles. The minimum absolute atomic E-state index is 0.117. The van der Waals surface area contributed by atoms with Crippen LogP contribution in [0.2, 0.25) is 0 Å². The first-order valence-corrected chi connectivity index (χ1v) is 5.81. The summed E-state index contributed by atoms with van der Waals surface area (Å²) in [5.41, 5.74) is 1.85. The first-order valence-electron chi connectivity index (χ1n) is 5.81. The summed E-state index contributed by atoms with van der Waals surface area (Å²) in [4.78, 5) is 2.09. The van der Waals surface area contributed by atoms with Gasteiger partial charge in [0, 0.05) is 13.1 Å². The van der Waals surface area contributed by atoms with Crippen LogP contribution in [-0.2, 0) is 4.74 Å². The Morgan fingerprint density at radius 3 is 2.56 bits per heavy atom. The lowest BCUT2D eigenvalue weighted by molar-refractivity contribution is 0.122. The van der Waals surface area contributed by atoms with Crippen LogP contribution in [0.5, 0.6) is 0 Å². The molecule has 0 atom stereocenters.